The molecule has 0 fully saturated rings. The fraction of sp³-hybridized carbons (Fsp3) is 0.286. The predicted molar refractivity (Wildman–Crippen MR) is 110 cm³/mol. The third-order valence-electron chi connectivity index (χ3n) is 4.11. The molecular formula is C21H24N4OS. The minimum atomic E-state index is -0.0421. The van der Waals surface area contributed by atoms with Crippen molar-refractivity contribution in [1.29, 1.82) is 0 Å². The van der Waals surface area contributed by atoms with Gasteiger partial charge in [-0.15, -0.1) is 10.2 Å². The van der Waals surface area contributed by atoms with Crippen molar-refractivity contribution in [1.82, 2.24) is 14.8 Å². The molecule has 0 aliphatic heterocycles. The summed E-state index contributed by atoms with van der Waals surface area (Å²) in [4.78, 5) is 12.2. The molecule has 0 saturated heterocycles. The Kier molecular flexibility index (Phi) is 6.65. The second-order valence-electron chi connectivity index (χ2n) is 6.42. The van der Waals surface area contributed by atoms with Crippen LogP contribution < -0.4 is 5.32 Å². The van der Waals surface area contributed by atoms with Crippen LogP contribution in [0.15, 0.2) is 59.8 Å². The van der Waals surface area contributed by atoms with Gasteiger partial charge >= 0.3 is 0 Å². The number of amides is 1. The maximum absolute atomic E-state index is 12.2. The normalized spacial score (nSPS) is 10.7. The lowest BCUT2D eigenvalue weighted by Crippen LogP contribution is -2.15. The number of carbonyl (C=O) groups excluding carboxylic acids is 1. The molecule has 1 amide bonds. The Bertz CT molecular complexity index is 875. The molecule has 0 saturated carbocycles. The van der Waals surface area contributed by atoms with Gasteiger partial charge < -0.3 is 9.88 Å². The van der Waals surface area contributed by atoms with E-state index >= 15 is 0 Å². The van der Waals surface area contributed by atoms with Crippen molar-refractivity contribution in [2.45, 2.75) is 38.4 Å². The number of aromatic nitrogens is 3. The molecule has 6 heteroatoms. The van der Waals surface area contributed by atoms with Gasteiger partial charge in [0.25, 0.3) is 0 Å². The van der Waals surface area contributed by atoms with E-state index in [0.717, 1.165) is 36.1 Å². The van der Waals surface area contributed by atoms with Crippen molar-refractivity contribution >= 4 is 23.4 Å². The van der Waals surface area contributed by atoms with Crippen molar-refractivity contribution in [2.24, 2.45) is 0 Å². The van der Waals surface area contributed by atoms with Crippen LogP contribution in [0.2, 0.25) is 0 Å². The molecule has 2 aromatic carbocycles. The molecule has 0 spiro atoms. The van der Waals surface area contributed by atoms with Crippen molar-refractivity contribution < 1.29 is 4.79 Å². The summed E-state index contributed by atoms with van der Waals surface area (Å²) in [5, 5.41) is 12.4. The zero-order chi connectivity index (χ0) is 19.1. The van der Waals surface area contributed by atoms with Crippen molar-refractivity contribution in [2.75, 3.05) is 11.1 Å². The summed E-state index contributed by atoms with van der Waals surface area (Å²) >= 11 is 1.43. The number of hydrogen-bond acceptors (Lipinski definition) is 4. The van der Waals surface area contributed by atoms with Gasteiger partial charge in [-0.2, -0.15) is 0 Å². The summed E-state index contributed by atoms with van der Waals surface area (Å²) in [5.74, 6) is 1.20. The second kappa shape index (κ2) is 9.37. The van der Waals surface area contributed by atoms with E-state index in [1.165, 1.54) is 22.9 Å². The van der Waals surface area contributed by atoms with Crippen LogP contribution in [0.1, 0.15) is 30.3 Å². The number of benzene rings is 2. The number of rotatable bonds is 8. The van der Waals surface area contributed by atoms with Gasteiger partial charge in [-0.1, -0.05) is 66.7 Å². The molecule has 0 aliphatic carbocycles. The third-order valence-corrected chi connectivity index (χ3v) is 5.08. The van der Waals surface area contributed by atoms with Gasteiger partial charge in [0.05, 0.1) is 5.75 Å². The van der Waals surface area contributed by atoms with Crippen LogP contribution in [-0.4, -0.2) is 26.4 Å². The molecule has 1 aromatic heterocycles. The van der Waals surface area contributed by atoms with Gasteiger partial charge in [-0.25, -0.2) is 0 Å². The first-order valence-electron chi connectivity index (χ1n) is 9.11. The molecule has 1 heterocycles. The summed E-state index contributed by atoms with van der Waals surface area (Å²) in [7, 11) is 0. The van der Waals surface area contributed by atoms with E-state index in [1.807, 2.05) is 49.4 Å². The Hall–Kier alpha value is -2.60. The Balaban J connectivity index is 1.63. The van der Waals surface area contributed by atoms with Gasteiger partial charge in [-0.3, -0.25) is 4.79 Å². The molecule has 3 rings (SSSR count). The quantitative estimate of drug-likeness (QED) is 0.591. The standard InChI is InChI=1S/C21H24N4OS/c1-3-13-25-19(14-17-7-5-4-6-8-17)23-24-21(25)27-15-20(26)22-18-11-9-16(2)10-12-18/h4-12H,3,13-15H2,1-2H3,(H,22,26). The van der Waals surface area contributed by atoms with Gasteiger partial charge in [0.2, 0.25) is 5.91 Å². The van der Waals surface area contributed by atoms with Gasteiger partial charge in [-0.05, 0) is 31.0 Å². The Morgan fingerprint density at radius 2 is 1.81 bits per heavy atom. The number of anilines is 1. The Labute approximate surface area is 164 Å². The van der Waals surface area contributed by atoms with Crippen LogP contribution in [-0.2, 0) is 17.8 Å². The Morgan fingerprint density at radius 1 is 1.07 bits per heavy atom. The smallest absolute Gasteiger partial charge is 0.234 e. The van der Waals surface area contributed by atoms with Crippen molar-refractivity contribution in [3.8, 4) is 0 Å². The van der Waals surface area contributed by atoms with Crippen molar-refractivity contribution in [3.63, 3.8) is 0 Å². The van der Waals surface area contributed by atoms with Crippen LogP contribution in [0.4, 0.5) is 5.69 Å². The SMILES string of the molecule is CCCn1c(Cc2ccccc2)nnc1SCC(=O)Nc1ccc(C)cc1. The van der Waals surface area contributed by atoms with E-state index in [0.29, 0.717) is 5.75 Å². The highest BCUT2D eigenvalue weighted by molar-refractivity contribution is 7.99. The first-order chi connectivity index (χ1) is 13.2. The average molecular weight is 381 g/mol. The fourth-order valence-electron chi connectivity index (χ4n) is 2.75. The lowest BCUT2D eigenvalue weighted by molar-refractivity contribution is -0.113. The number of carbonyl (C=O) groups is 1. The molecule has 0 atom stereocenters. The summed E-state index contributed by atoms with van der Waals surface area (Å²) in [6, 6.07) is 18.0. The highest BCUT2D eigenvalue weighted by Crippen LogP contribution is 2.20. The predicted octanol–water partition coefficient (Wildman–Crippen LogP) is 4.32. The summed E-state index contributed by atoms with van der Waals surface area (Å²) in [6.07, 6.45) is 1.73. The number of thioether (sulfide) groups is 1. The zero-order valence-electron chi connectivity index (χ0n) is 15.7. The summed E-state index contributed by atoms with van der Waals surface area (Å²) in [6.45, 7) is 5.00. The Morgan fingerprint density at radius 3 is 2.52 bits per heavy atom. The highest BCUT2D eigenvalue weighted by Gasteiger charge is 2.14. The average Bonchev–Trinajstić information content (AvgIpc) is 3.05. The minimum absolute atomic E-state index is 0.0421. The van der Waals surface area contributed by atoms with E-state index in [2.05, 4.69) is 39.1 Å². The lowest BCUT2D eigenvalue weighted by atomic mass is 10.1. The van der Waals surface area contributed by atoms with E-state index in [1.54, 1.807) is 0 Å². The topological polar surface area (TPSA) is 59.8 Å². The van der Waals surface area contributed by atoms with Crippen LogP contribution in [0, 0.1) is 6.92 Å². The van der Waals surface area contributed by atoms with E-state index in [9.17, 15) is 4.79 Å². The van der Waals surface area contributed by atoms with Crippen LogP contribution in [0.25, 0.3) is 0 Å². The van der Waals surface area contributed by atoms with Gasteiger partial charge in [0.15, 0.2) is 5.16 Å². The highest BCUT2D eigenvalue weighted by atomic mass is 32.2. The molecular weight excluding hydrogens is 356 g/mol. The molecule has 0 unspecified atom stereocenters. The van der Waals surface area contributed by atoms with Crippen molar-refractivity contribution in [3.05, 3.63) is 71.5 Å². The maximum atomic E-state index is 12.2. The fourth-order valence-corrected chi connectivity index (χ4v) is 3.53. The third kappa shape index (κ3) is 5.44. The maximum Gasteiger partial charge on any atom is 0.234 e. The second-order valence-corrected chi connectivity index (χ2v) is 7.36. The first kappa shape index (κ1) is 19.2. The van der Waals surface area contributed by atoms with E-state index < -0.39 is 0 Å². The number of aryl methyl sites for hydroxylation is 1. The molecule has 27 heavy (non-hydrogen) atoms. The first-order valence-corrected chi connectivity index (χ1v) is 10.1. The molecule has 0 bridgehead atoms. The molecule has 3 aromatic rings. The summed E-state index contributed by atoms with van der Waals surface area (Å²) < 4.78 is 2.12. The number of hydrogen-bond donors (Lipinski definition) is 1. The van der Waals surface area contributed by atoms with Gasteiger partial charge in [0, 0.05) is 18.7 Å². The molecule has 0 aliphatic rings. The number of nitrogens with zero attached hydrogens (tertiary/aromatic N) is 3. The van der Waals surface area contributed by atoms with Crippen LogP contribution in [0.5, 0.6) is 0 Å². The monoisotopic (exact) mass is 380 g/mol. The zero-order valence-corrected chi connectivity index (χ0v) is 16.5. The number of nitrogens with one attached hydrogen (secondary N) is 1. The molecule has 1 N–H and O–H groups in total. The minimum Gasteiger partial charge on any atom is -0.325 e. The molecule has 140 valence electrons. The van der Waals surface area contributed by atoms with Crippen LogP contribution in [0.3, 0.4) is 0 Å². The molecule has 0 radical (unpaired) electrons. The van der Waals surface area contributed by atoms with Gasteiger partial charge in [0.1, 0.15) is 5.82 Å². The lowest BCUT2D eigenvalue weighted by Gasteiger charge is -2.09. The van der Waals surface area contributed by atoms with E-state index in [-0.39, 0.29) is 5.91 Å². The van der Waals surface area contributed by atoms with E-state index in [4.69, 9.17) is 0 Å². The largest absolute Gasteiger partial charge is 0.325 e. The molecule has 5 nitrogen and oxygen atoms in total. The van der Waals surface area contributed by atoms with Crippen LogP contribution >= 0.6 is 11.8 Å². The summed E-state index contributed by atoms with van der Waals surface area (Å²) in [5.41, 5.74) is 3.18.